The molecular weight excluding hydrogens is 358 g/mol. The molecule has 0 radical (unpaired) electrons. The minimum Gasteiger partial charge on any atom is -0.452 e. The maximum Gasteiger partial charge on any atom is 0.425 e. The molecule has 1 amide bonds. The fourth-order valence-electron chi connectivity index (χ4n) is 1.97. The number of nitrogens with one attached hydrogen (secondary N) is 2. The molecule has 0 aliphatic heterocycles. The summed E-state index contributed by atoms with van der Waals surface area (Å²) in [5, 5.41) is 4.16. The molecule has 7 nitrogen and oxygen atoms in total. The summed E-state index contributed by atoms with van der Waals surface area (Å²) >= 11 is 6.09. The van der Waals surface area contributed by atoms with Crippen LogP contribution in [0.25, 0.3) is 0 Å². The van der Waals surface area contributed by atoms with E-state index in [9.17, 15) is 4.79 Å². The third kappa shape index (κ3) is 6.29. The fourth-order valence-corrected chi connectivity index (χ4v) is 2.14. The second kappa shape index (κ2) is 10.3. The number of benzene rings is 1. The number of hydrazine groups is 1. The van der Waals surface area contributed by atoms with Gasteiger partial charge in [0.1, 0.15) is 6.61 Å². The Balaban J connectivity index is 1.90. The van der Waals surface area contributed by atoms with E-state index in [4.69, 9.17) is 21.2 Å². The van der Waals surface area contributed by atoms with Crippen molar-refractivity contribution in [1.82, 2.24) is 5.43 Å². The Morgan fingerprint density at radius 1 is 1.35 bits per heavy atom. The molecule has 0 unspecified atom stereocenters. The molecule has 0 saturated carbocycles. The number of halogens is 1. The van der Waals surface area contributed by atoms with Crippen LogP contribution in [0, 0.1) is 0 Å². The first-order valence-electron chi connectivity index (χ1n) is 7.93. The molecule has 8 heteroatoms. The highest BCUT2D eigenvalue weighted by molar-refractivity contribution is 6.33. The van der Waals surface area contributed by atoms with Gasteiger partial charge in [-0.3, -0.25) is 5.43 Å². The lowest BCUT2D eigenvalue weighted by Crippen LogP contribution is -2.29. The van der Waals surface area contributed by atoms with E-state index in [0.29, 0.717) is 23.9 Å². The Labute approximate surface area is 156 Å². The molecule has 0 atom stereocenters. The van der Waals surface area contributed by atoms with E-state index >= 15 is 0 Å². The first-order chi connectivity index (χ1) is 12.6. The van der Waals surface area contributed by atoms with Gasteiger partial charge in [-0.25, -0.2) is 10.2 Å². The van der Waals surface area contributed by atoms with Crippen molar-refractivity contribution in [1.29, 1.82) is 0 Å². The van der Waals surface area contributed by atoms with Gasteiger partial charge in [0.2, 0.25) is 0 Å². The summed E-state index contributed by atoms with van der Waals surface area (Å²) in [6.07, 6.45) is 6.75. The summed E-state index contributed by atoms with van der Waals surface area (Å²) < 4.78 is 10.3. The highest BCUT2D eigenvalue weighted by atomic mass is 35.5. The Kier molecular flexibility index (Phi) is 7.76. The molecular formula is C18H20ClN3O4. The summed E-state index contributed by atoms with van der Waals surface area (Å²) in [6.45, 7) is 2.73. The lowest BCUT2D eigenvalue weighted by atomic mass is 10.1. The van der Waals surface area contributed by atoms with E-state index in [2.05, 4.69) is 26.6 Å². The van der Waals surface area contributed by atoms with Gasteiger partial charge in [-0.15, -0.1) is 0 Å². The van der Waals surface area contributed by atoms with Crippen LogP contribution in [0.1, 0.15) is 12.5 Å². The number of ether oxygens (including phenoxy) is 2. The molecule has 1 aromatic carbocycles. The number of carbonyl (C=O) groups is 1. The predicted molar refractivity (Wildman–Crippen MR) is 100 cm³/mol. The minimum absolute atomic E-state index is 0.159. The Morgan fingerprint density at radius 3 is 2.81 bits per heavy atom. The molecule has 2 N–H and O–H groups in total. The van der Waals surface area contributed by atoms with Gasteiger partial charge in [0.05, 0.1) is 30.5 Å². The molecule has 0 spiro atoms. The van der Waals surface area contributed by atoms with Gasteiger partial charge >= 0.3 is 6.09 Å². The third-order valence-corrected chi connectivity index (χ3v) is 3.59. The predicted octanol–water partition coefficient (Wildman–Crippen LogP) is 3.58. The minimum atomic E-state index is -0.614. The van der Waals surface area contributed by atoms with Crippen LogP contribution in [-0.4, -0.2) is 31.8 Å². The second-order valence-electron chi connectivity index (χ2n) is 5.13. The van der Waals surface area contributed by atoms with Gasteiger partial charge in [-0.2, -0.15) is 0 Å². The van der Waals surface area contributed by atoms with Gasteiger partial charge in [0, 0.05) is 11.4 Å². The van der Waals surface area contributed by atoms with Gasteiger partial charge in [-0.1, -0.05) is 29.8 Å². The summed E-state index contributed by atoms with van der Waals surface area (Å²) in [6, 6.07) is 5.36. The highest BCUT2D eigenvalue weighted by Gasteiger charge is 2.08. The van der Waals surface area contributed by atoms with Crippen molar-refractivity contribution < 1.29 is 19.1 Å². The van der Waals surface area contributed by atoms with Crippen LogP contribution in [0.3, 0.4) is 0 Å². The van der Waals surface area contributed by atoms with Crippen LogP contribution in [0.2, 0.25) is 5.02 Å². The zero-order valence-corrected chi connectivity index (χ0v) is 15.2. The van der Waals surface area contributed by atoms with Crippen molar-refractivity contribution >= 4 is 29.3 Å². The number of carbonyl (C=O) groups excluding carboxylic acids is 1. The molecule has 0 bridgehead atoms. The van der Waals surface area contributed by atoms with E-state index in [0.717, 1.165) is 11.1 Å². The number of hydrogen-bond acceptors (Lipinski definition) is 6. The number of rotatable bonds is 7. The number of allylic oxidation sites excluding steroid dienone is 3. The molecule has 1 aliphatic carbocycles. The van der Waals surface area contributed by atoms with Crippen LogP contribution >= 0.6 is 11.6 Å². The fraction of sp³-hybridized carbons (Fsp3) is 0.278. The monoisotopic (exact) mass is 377 g/mol. The molecule has 0 aromatic heterocycles. The van der Waals surface area contributed by atoms with E-state index < -0.39 is 6.09 Å². The number of amides is 1. The largest absolute Gasteiger partial charge is 0.452 e. The van der Waals surface area contributed by atoms with Crippen LogP contribution in [0.15, 0.2) is 53.2 Å². The zero-order valence-electron chi connectivity index (χ0n) is 14.5. The smallest absolute Gasteiger partial charge is 0.425 e. The molecule has 2 rings (SSSR count). The SMILES string of the molecule is CCON=C=C1C=CC(OCc2ccc(Cl)c(NNC(=O)OC)c2)C=C1. The number of methoxy groups -OCH3 is 1. The summed E-state index contributed by atoms with van der Waals surface area (Å²) in [5.74, 6) is 2.78. The number of anilines is 1. The van der Waals surface area contributed by atoms with Crippen molar-refractivity contribution in [3.8, 4) is 0 Å². The highest BCUT2D eigenvalue weighted by Crippen LogP contribution is 2.23. The summed E-state index contributed by atoms with van der Waals surface area (Å²) in [5.41, 5.74) is 7.31. The van der Waals surface area contributed by atoms with Crippen molar-refractivity contribution in [3.05, 3.63) is 58.7 Å². The van der Waals surface area contributed by atoms with Gasteiger partial charge in [-0.05, 0) is 41.9 Å². The maximum atomic E-state index is 11.1. The van der Waals surface area contributed by atoms with Gasteiger partial charge < -0.3 is 14.3 Å². The van der Waals surface area contributed by atoms with Crippen molar-refractivity contribution in [2.24, 2.45) is 5.16 Å². The molecule has 26 heavy (non-hydrogen) atoms. The average molecular weight is 378 g/mol. The lowest BCUT2D eigenvalue weighted by Gasteiger charge is -2.14. The van der Waals surface area contributed by atoms with E-state index in [1.165, 1.54) is 7.11 Å². The summed E-state index contributed by atoms with van der Waals surface area (Å²) in [7, 11) is 1.28. The summed E-state index contributed by atoms with van der Waals surface area (Å²) in [4.78, 5) is 16.0. The molecule has 1 aromatic rings. The molecule has 0 saturated heterocycles. The quantitative estimate of drug-likeness (QED) is 0.560. The van der Waals surface area contributed by atoms with Crippen LogP contribution in [0.5, 0.6) is 0 Å². The molecule has 0 heterocycles. The Hall–Kier alpha value is -2.73. The Morgan fingerprint density at radius 2 is 2.12 bits per heavy atom. The van der Waals surface area contributed by atoms with E-state index in [-0.39, 0.29) is 6.10 Å². The van der Waals surface area contributed by atoms with E-state index in [1.54, 1.807) is 12.1 Å². The molecule has 1 aliphatic rings. The van der Waals surface area contributed by atoms with Crippen LogP contribution in [0.4, 0.5) is 10.5 Å². The van der Waals surface area contributed by atoms with Gasteiger partial charge in [0.15, 0.2) is 0 Å². The molecule has 138 valence electrons. The third-order valence-electron chi connectivity index (χ3n) is 3.26. The van der Waals surface area contributed by atoms with E-state index in [1.807, 2.05) is 37.3 Å². The number of hydrogen-bond donors (Lipinski definition) is 2. The van der Waals surface area contributed by atoms with Gasteiger partial charge in [0.25, 0.3) is 0 Å². The first-order valence-corrected chi connectivity index (χ1v) is 8.31. The first kappa shape index (κ1) is 19.6. The lowest BCUT2D eigenvalue weighted by molar-refractivity contribution is 0.101. The zero-order chi connectivity index (χ0) is 18.8. The second-order valence-corrected chi connectivity index (χ2v) is 5.53. The van der Waals surface area contributed by atoms with Crippen molar-refractivity contribution in [3.63, 3.8) is 0 Å². The Bertz CT molecular complexity index is 739. The normalized spacial score (nSPS) is 15.2. The van der Waals surface area contributed by atoms with Crippen molar-refractivity contribution in [2.75, 3.05) is 19.1 Å². The van der Waals surface area contributed by atoms with Crippen LogP contribution in [-0.2, 0) is 20.9 Å². The number of nitrogens with zero attached hydrogens (tertiary/aromatic N) is 1. The topological polar surface area (TPSA) is 81.2 Å². The van der Waals surface area contributed by atoms with Crippen molar-refractivity contribution in [2.45, 2.75) is 19.6 Å². The average Bonchev–Trinajstić information content (AvgIpc) is 2.67. The maximum absolute atomic E-state index is 11.1. The van der Waals surface area contributed by atoms with Crippen LogP contribution < -0.4 is 10.9 Å². The molecule has 0 fully saturated rings. The standard InChI is InChI=1S/C18H20ClN3O4/c1-3-26-20-11-13-4-7-15(8-5-13)25-12-14-6-9-16(19)17(10-14)21-22-18(23)24-2/h4-10,15,21H,3,12H2,1-2H3,(H,22,23).